The van der Waals surface area contributed by atoms with Crippen LogP contribution in [0.2, 0.25) is 4.34 Å². The van der Waals surface area contributed by atoms with Crippen LogP contribution < -0.4 is 10.9 Å². The predicted molar refractivity (Wildman–Crippen MR) is 162 cm³/mol. The van der Waals surface area contributed by atoms with E-state index in [0.29, 0.717) is 33.5 Å². The van der Waals surface area contributed by atoms with Crippen LogP contribution in [0.25, 0.3) is 22.4 Å². The number of benzene rings is 1. The zero-order chi connectivity index (χ0) is 29.1. The number of hydrogen-bond donors (Lipinski definition) is 1. The summed E-state index contributed by atoms with van der Waals surface area (Å²) in [5.74, 6) is -0.345. The summed E-state index contributed by atoms with van der Waals surface area (Å²) in [6, 6.07) is 16.3. The summed E-state index contributed by atoms with van der Waals surface area (Å²) in [6.45, 7) is 0.190. The molecule has 0 aliphatic rings. The fourth-order valence-electron chi connectivity index (χ4n) is 4.28. The Balaban J connectivity index is 1.43. The van der Waals surface area contributed by atoms with E-state index in [1.54, 1.807) is 23.2 Å². The van der Waals surface area contributed by atoms with Gasteiger partial charge in [0.2, 0.25) is 5.78 Å². The number of carbonyl (C=O) groups is 2. The van der Waals surface area contributed by atoms with E-state index in [0.717, 1.165) is 10.4 Å². The maximum atomic E-state index is 13.4. The van der Waals surface area contributed by atoms with Gasteiger partial charge >= 0.3 is 0 Å². The molecule has 10 nitrogen and oxygen atoms in total. The zero-order valence-electron chi connectivity index (χ0n) is 21.7. The van der Waals surface area contributed by atoms with Crippen molar-refractivity contribution in [3.05, 3.63) is 121 Å². The molecule has 0 fully saturated rings. The molecule has 1 N–H and O–H groups in total. The first kappa shape index (κ1) is 27.4. The highest BCUT2D eigenvalue weighted by Gasteiger charge is 2.22. The standard InChI is InChI=1S/C29H20ClN7O3S2/c30-26-7-6-19(42-26)12-33-27-11-22(35-37(27)29(40)24-16-41-17-34-24)20-10-28(39)36(14-21(20)18-4-2-1-3-5-18)15-25(38)23-13-31-8-9-32-23/h1-11,13-14,16-17,33H,12,15H2. The topological polar surface area (TPSA) is 125 Å². The molecule has 208 valence electrons. The molecule has 0 aliphatic carbocycles. The lowest BCUT2D eigenvalue weighted by atomic mass is 9.99. The van der Waals surface area contributed by atoms with Crippen molar-refractivity contribution in [3.63, 3.8) is 0 Å². The second kappa shape index (κ2) is 12.0. The third-order valence-electron chi connectivity index (χ3n) is 6.28. The highest BCUT2D eigenvalue weighted by atomic mass is 35.5. The van der Waals surface area contributed by atoms with E-state index in [-0.39, 0.29) is 23.7 Å². The van der Waals surface area contributed by atoms with Gasteiger partial charge in [-0.15, -0.1) is 22.7 Å². The number of anilines is 1. The number of carbonyl (C=O) groups excluding carboxylic acids is 2. The lowest BCUT2D eigenvalue weighted by Crippen LogP contribution is -2.24. The number of Topliss-reactive ketones (excluding diaryl/α,β-unsaturated/α-hetero) is 1. The van der Waals surface area contributed by atoms with E-state index in [4.69, 9.17) is 11.6 Å². The van der Waals surface area contributed by atoms with E-state index in [9.17, 15) is 14.4 Å². The molecule has 0 amide bonds. The van der Waals surface area contributed by atoms with Gasteiger partial charge in [-0.05, 0) is 17.7 Å². The fourth-order valence-corrected chi connectivity index (χ4v) is 5.83. The van der Waals surface area contributed by atoms with Gasteiger partial charge in [0.15, 0.2) is 0 Å². The van der Waals surface area contributed by atoms with Gasteiger partial charge in [0, 0.05) is 52.1 Å². The fraction of sp³-hybridized carbons (Fsp3) is 0.0690. The maximum Gasteiger partial charge on any atom is 0.299 e. The molecule has 42 heavy (non-hydrogen) atoms. The molecule has 1 aromatic carbocycles. The zero-order valence-corrected chi connectivity index (χ0v) is 24.1. The molecule has 0 radical (unpaired) electrons. The largest absolute Gasteiger partial charge is 0.365 e. The van der Waals surface area contributed by atoms with Crippen LogP contribution in [0.5, 0.6) is 0 Å². The number of rotatable bonds is 9. The average molecular weight is 614 g/mol. The number of thiophene rings is 1. The highest BCUT2D eigenvalue weighted by molar-refractivity contribution is 7.16. The number of halogens is 1. The highest BCUT2D eigenvalue weighted by Crippen LogP contribution is 2.32. The summed E-state index contributed by atoms with van der Waals surface area (Å²) in [7, 11) is 0. The van der Waals surface area contributed by atoms with Crippen LogP contribution >= 0.6 is 34.3 Å². The van der Waals surface area contributed by atoms with Gasteiger partial charge in [0.25, 0.3) is 11.5 Å². The van der Waals surface area contributed by atoms with Crippen LogP contribution in [0.3, 0.4) is 0 Å². The first-order valence-electron chi connectivity index (χ1n) is 12.6. The van der Waals surface area contributed by atoms with Gasteiger partial charge in [-0.2, -0.15) is 9.78 Å². The molecule has 6 rings (SSSR count). The Hall–Kier alpha value is -4.78. The Morgan fingerprint density at radius 2 is 1.83 bits per heavy atom. The minimum atomic E-state index is -0.418. The molecule has 13 heteroatoms. The third kappa shape index (κ3) is 5.81. The number of aromatic nitrogens is 6. The van der Waals surface area contributed by atoms with Crippen LogP contribution in [-0.2, 0) is 13.1 Å². The van der Waals surface area contributed by atoms with Crippen LogP contribution in [-0.4, -0.2) is 41.0 Å². The van der Waals surface area contributed by atoms with E-state index in [1.807, 2.05) is 42.5 Å². The summed E-state index contributed by atoms with van der Waals surface area (Å²) >= 11 is 8.83. The smallest absolute Gasteiger partial charge is 0.299 e. The van der Waals surface area contributed by atoms with Gasteiger partial charge in [-0.3, -0.25) is 19.4 Å². The molecule has 5 heterocycles. The molecule has 0 bridgehead atoms. The van der Waals surface area contributed by atoms with E-state index in [2.05, 4.69) is 25.4 Å². The lowest BCUT2D eigenvalue weighted by Gasteiger charge is -2.12. The van der Waals surface area contributed by atoms with Crippen molar-refractivity contribution in [2.24, 2.45) is 0 Å². The van der Waals surface area contributed by atoms with Crippen molar-refractivity contribution in [1.82, 2.24) is 29.3 Å². The lowest BCUT2D eigenvalue weighted by molar-refractivity contribution is 0.0941. The Morgan fingerprint density at radius 3 is 2.55 bits per heavy atom. The van der Waals surface area contributed by atoms with Gasteiger partial charge in [0.05, 0.1) is 34.8 Å². The van der Waals surface area contributed by atoms with E-state index in [1.165, 1.54) is 56.6 Å². The molecule has 0 atom stereocenters. The van der Waals surface area contributed by atoms with Crippen LogP contribution in [0.15, 0.2) is 95.1 Å². The van der Waals surface area contributed by atoms with Crippen molar-refractivity contribution in [2.45, 2.75) is 13.1 Å². The predicted octanol–water partition coefficient (Wildman–Crippen LogP) is 5.52. The summed E-state index contributed by atoms with van der Waals surface area (Å²) in [6.07, 6.45) is 5.90. The average Bonchev–Trinajstić information content (AvgIpc) is 3.79. The second-order valence-electron chi connectivity index (χ2n) is 9.01. The van der Waals surface area contributed by atoms with Crippen molar-refractivity contribution < 1.29 is 9.59 Å². The molecule has 0 spiro atoms. The molecule has 0 aliphatic heterocycles. The van der Waals surface area contributed by atoms with Crippen LogP contribution in [0, 0.1) is 0 Å². The normalized spacial score (nSPS) is 11.0. The second-order valence-corrected chi connectivity index (χ2v) is 11.5. The Bertz CT molecular complexity index is 1940. The number of ketones is 1. The molecule has 5 aromatic heterocycles. The van der Waals surface area contributed by atoms with Crippen LogP contribution in [0.4, 0.5) is 5.82 Å². The van der Waals surface area contributed by atoms with Crippen molar-refractivity contribution >= 4 is 51.8 Å². The molecule has 0 unspecified atom stereocenters. The van der Waals surface area contributed by atoms with Gasteiger partial charge in [-0.25, -0.2) is 9.97 Å². The number of nitrogens with zero attached hydrogens (tertiary/aromatic N) is 6. The van der Waals surface area contributed by atoms with Gasteiger partial charge in [0.1, 0.15) is 17.2 Å². The van der Waals surface area contributed by atoms with Gasteiger partial charge in [-0.1, -0.05) is 41.9 Å². The maximum absolute atomic E-state index is 13.4. The number of hydrogen-bond acceptors (Lipinski definition) is 10. The Kier molecular flexibility index (Phi) is 7.82. The molecular weight excluding hydrogens is 594 g/mol. The quantitative estimate of drug-likeness (QED) is 0.211. The molecule has 0 saturated carbocycles. The third-order valence-corrected chi connectivity index (χ3v) is 8.09. The van der Waals surface area contributed by atoms with E-state index < -0.39 is 11.5 Å². The number of nitrogens with one attached hydrogen (secondary N) is 1. The molecule has 6 aromatic rings. The summed E-state index contributed by atoms with van der Waals surface area (Å²) in [5.41, 5.74) is 3.93. The number of thiazole rings is 1. The summed E-state index contributed by atoms with van der Waals surface area (Å²) in [4.78, 5) is 52.7. The van der Waals surface area contributed by atoms with Crippen molar-refractivity contribution in [1.29, 1.82) is 0 Å². The summed E-state index contributed by atoms with van der Waals surface area (Å²) in [5, 5.41) is 9.55. The first-order valence-corrected chi connectivity index (χ1v) is 14.7. The molecular formula is C29H20ClN7O3S2. The monoisotopic (exact) mass is 613 g/mol. The summed E-state index contributed by atoms with van der Waals surface area (Å²) < 4.78 is 3.24. The SMILES string of the molecule is O=C(Cn1cc(-c2ccccc2)c(-c2cc(NCc3ccc(Cl)s3)n(C(=O)c3cscn3)n2)cc1=O)c1cnccn1. The Morgan fingerprint density at radius 1 is 0.976 bits per heavy atom. The van der Waals surface area contributed by atoms with Crippen molar-refractivity contribution in [2.75, 3.05) is 5.32 Å². The van der Waals surface area contributed by atoms with Gasteiger partial charge < -0.3 is 9.88 Å². The minimum absolute atomic E-state index is 0.164. The minimum Gasteiger partial charge on any atom is -0.365 e. The molecule has 0 saturated heterocycles. The van der Waals surface area contributed by atoms with Crippen LogP contribution in [0.1, 0.15) is 25.9 Å². The first-order chi connectivity index (χ1) is 20.5. The number of pyridine rings is 1. The Labute approximate surface area is 251 Å². The van der Waals surface area contributed by atoms with Crippen molar-refractivity contribution in [3.8, 4) is 22.4 Å². The van der Waals surface area contributed by atoms with E-state index >= 15 is 0 Å².